The highest BCUT2D eigenvalue weighted by Crippen LogP contribution is 2.14. The van der Waals surface area contributed by atoms with Crippen LogP contribution in [0.4, 0.5) is 0 Å². The van der Waals surface area contributed by atoms with Gasteiger partial charge in [0.2, 0.25) is 0 Å². The first-order valence-corrected chi connectivity index (χ1v) is 6.93. The van der Waals surface area contributed by atoms with E-state index in [1.165, 1.54) is 17.7 Å². The van der Waals surface area contributed by atoms with E-state index in [1.54, 1.807) is 6.92 Å². The number of carbonyl (C=O) groups excluding carboxylic acids is 1. The number of likely N-dealkylation sites (tertiary alicyclic amines) is 1. The zero-order valence-electron chi connectivity index (χ0n) is 12.0. The molecule has 1 atom stereocenters. The highest BCUT2D eigenvalue weighted by atomic mass is 16.2. The summed E-state index contributed by atoms with van der Waals surface area (Å²) in [6.07, 6.45) is 2.39. The van der Waals surface area contributed by atoms with Gasteiger partial charge in [0.1, 0.15) is 5.54 Å². The zero-order valence-corrected chi connectivity index (χ0v) is 12.0. The molecule has 1 aliphatic heterocycles. The number of hydrogen-bond donors (Lipinski definition) is 2. The molecule has 1 heterocycles. The molecule has 0 aromatic carbocycles. The van der Waals surface area contributed by atoms with Crippen LogP contribution in [0.1, 0.15) is 40.5 Å². The molecule has 2 N–H and O–H groups in total. The molecule has 0 bridgehead atoms. The third-order valence-corrected chi connectivity index (χ3v) is 4.18. The fraction of sp³-hybridized carbons (Fsp3) is 0.857. The van der Waals surface area contributed by atoms with E-state index in [9.17, 15) is 10.1 Å². The Labute approximate surface area is 110 Å². The molecule has 1 saturated heterocycles. The quantitative estimate of drug-likeness (QED) is 0.759. The summed E-state index contributed by atoms with van der Waals surface area (Å²) >= 11 is 0. The number of nitrogens with one attached hydrogen (secondary N) is 2. The van der Waals surface area contributed by atoms with E-state index in [0.717, 1.165) is 19.0 Å². The molecule has 0 unspecified atom stereocenters. The first kappa shape index (κ1) is 15.0. The lowest BCUT2D eigenvalue weighted by atomic mass is 9.90. The summed E-state index contributed by atoms with van der Waals surface area (Å²) in [5.74, 6) is 0.900. The Kier molecular flexibility index (Phi) is 5.15. The van der Waals surface area contributed by atoms with Gasteiger partial charge in [0.25, 0.3) is 5.91 Å². The largest absolute Gasteiger partial charge is 0.333 e. The van der Waals surface area contributed by atoms with Gasteiger partial charge in [-0.05, 0) is 31.6 Å². The van der Waals surface area contributed by atoms with E-state index in [-0.39, 0.29) is 11.8 Å². The number of nitrogens with zero attached hydrogens (tertiary/aromatic N) is 1. The van der Waals surface area contributed by atoms with Gasteiger partial charge in [0.15, 0.2) is 6.54 Å². The van der Waals surface area contributed by atoms with Crippen LogP contribution in [0.5, 0.6) is 0 Å². The van der Waals surface area contributed by atoms with Gasteiger partial charge in [0.05, 0.1) is 19.2 Å². The minimum Gasteiger partial charge on any atom is -0.333 e. The molecule has 1 rings (SSSR count). The van der Waals surface area contributed by atoms with Crippen molar-refractivity contribution in [1.29, 1.82) is 5.26 Å². The second-order valence-electron chi connectivity index (χ2n) is 6.13. The maximum Gasteiger partial charge on any atom is 0.276 e. The Morgan fingerprint density at radius 2 is 2.06 bits per heavy atom. The first-order valence-electron chi connectivity index (χ1n) is 6.93. The number of piperidine rings is 1. The number of amides is 1. The molecule has 4 heteroatoms. The van der Waals surface area contributed by atoms with Crippen molar-refractivity contribution < 1.29 is 9.69 Å². The molecule has 0 aliphatic carbocycles. The van der Waals surface area contributed by atoms with Gasteiger partial charge in [-0.1, -0.05) is 20.8 Å². The van der Waals surface area contributed by atoms with Crippen molar-refractivity contribution >= 4 is 5.91 Å². The molecule has 0 aromatic heterocycles. The predicted octanol–water partition coefficient (Wildman–Crippen LogP) is 0.356. The van der Waals surface area contributed by atoms with E-state index in [1.807, 2.05) is 13.8 Å². The van der Waals surface area contributed by atoms with Crippen LogP contribution in [0.25, 0.3) is 0 Å². The van der Waals surface area contributed by atoms with Crippen molar-refractivity contribution in [2.24, 2.45) is 11.8 Å². The normalized spacial score (nSPS) is 27.3. The summed E-state index contributed by atoms with van der Waals surface area (Å²) in [5, 5.41) is 12.1. The average molecular weight is 252 g/mol. The van der Waals surface area contributed by atoms with E-state index in [4.69, 9.17) is 0 Å². The standard InChI is InChI=1S/C14H25N3O/c1-11(2)14(4,10-15)16-13(18)9-17-7-5-12(3)6-8-17/h11-12H,5-9H2,1-4H3,(H,16,18)/p+1/t14-/m1/s1. The summed E-state index contributed by atoms with van der Waals surface area (Å²) in [6.45, 7) is 10.6. The number of quaternary nitrogens is 1. The minimum absolute atomic E-state index is 0.00250. The summed E-state index contributed by atoms with van der Waals surface area (Å²) in [7, 11) is 0. The van der Waals surface area contributed by atoms with Crippen molar-refractivity contribution in [2.75, 3.05) is 19.6 Å². The van der Waals surface area contributed by atoms with Crippen LogP contribution in [-0.4, -0.2) is 31.1 Å². The van der Waals surface area contributed by atoms with Crippen LogP contribution in [0, 0.1) is 23.2 Å². The van der Waals surface area contributed by atoms with Crippen molar-refractivity contribution in [2.45, 2.75) is 46.1 Å². The highest BCUT2D eigenvalue weighted by Gasteiger charge is 2.31. The second-order valence-corrected chi connectivity index (χ2v) is 6.13. The van der Waals surface area contributed by atoms with Crippen molar-refractivity contribution in [3.05, 3.63) is 0 Å². The van der Waals surface area contributed by atoms with Gasteiger partial charge >= 0.3 is 0 Å². The summed E-state index contributed by atoms with van der Waals surface area (Å²) in [6, 6.07) is 2.21. The molecule has 0 aromatic rings. The highest BCUT2D eigenvalue weighted by molar-refractivity contribution is 5.78. The Hall–Kier alpha value is -1.08. The van der Waals surface area contributed by atoms with E-state index < -0.39 is 5.54 Å². The van der Waals surface area contributed by atoms with Crippen molar-refractivity contribution in [3.63, 3.8) is 0 Å². The van der Waals surface area contributed by atoms with E-state index in [2.05, 4.69) is 18.3 Å². The molecular weight excluding hydrogens is 226 g/mol. The lowest BCUT2D eigenvalue weighted by molar-refractivity contribution is -0.898. The molecule has 18 heavy (non-hydrogen) atoms. The van der Waals surface area contributed by atoms with E-state index >= 15 is 0 Å². The molecule has 102 valence electrons. The molecule has 1 amide bonds. The second kappa shape index (κ2) is 6.19. The lowest BCUT2D eigenvalue weighted by Crippen LogP contribution is -3.14. The van der Waals surface area contributed by atoms with Gasteiger partial charge in [-0.3, -0.25) is 4.79 Å². The molecule has 1 fully saturated rings. The molecule has 4 nitrogen and oxygen atoms in total. The van der Waals surface area contributed by atoms with Crippen LogP contribution >= 0.6 is 0 Å². The Morgan fingerprint density at radius 3 is 2.50 bits per heavy atom. The molecular formula is C14H26N3O+. The first-order chi connectivity index (χ1) is 8.37. The molecule has 0 spiro atoms. The van der Waals surface area contributed by atoms with Crippen LogP contribution in [0.15, 0.2) is 0 Å². The average Bonchev–Trinajstić information content (AvgIpc) is 2.31. The third-order valence-electron chi connectivity index (χ3n) is 4.18. The number of rotatable bonds is 4. The topological polar surface area (TPSA) is 57.3 Å². The van der Waals surface area contributed by atoms with Gasteiger partial charge in [-0.2, -0.15) is 5.26 Å². The summed E-state index contributed by atoms with van der Waals surface area (Å²) < 4.78 is 0. The van der Waals surface area contributed by atoms with Gasteiger partial charge in [-0.25, -0.2) is 0 Å². The molecule has 1 aliphatic rings. The minimum atomic E-state index is -0.750. The molecule has 0 saturated carbocycles. The van der Waals surface area contributed by atoms with Crippen LogP contribution in [0.3, 0.4) is 0 Å². The van der Waals surface area contributed by atoms with Gasteiger partial charge < -0.3 is 10.2 Å². The number of hydrogen-bond acceptors (Lipinski definition) is 2. The van der Waals surface area contributed by atoms with Crippen LogP contribution < -0.4 is 10.2 Å². The summed E-state index contributed by atoms with van der Waals surface area (Å²) in [5.41, 5.74) is -0.750. The predicted molar refractivity (Wildman–Crippen MR) is 71.0 cm³/mol. The monoisotopic (exact) mass is 252 g/mol. The Bertz CT molecular complexity index is 326. The third kappa shape index (κ3) is 3.99. The van der Waals surface area contributed by atoms with Crippen LogP contribution in [-0.2, 0) is 4.79 Å². The Morgan fingerprint density at radius 1 is 1.50 bits per heavy atom. The van der Waals surface area contributed by atoms with Gasteiger partial charge in [0, 0.05) is 0 Å². The molecule has 0 radical (unpaired) electrons. The lowest BCUT2D eigenvalue weighted by Gasteiger charge is -2.30. The maximum atomic E-state index is 12.0. The van der Waals surface area contributed by atoms with Crippen molar-refractivity contribution in [3.8, 4) is 6.07 Å². The fourth-order valence-corrected chi connectivity index (χ4v) is 2.21. The summed E-state index contributed by atoms with van der Waals surface area (Å²) in [4.78, 5) is 13.3. The van der Waals surface area contributed by atoms with Crippen LogP contribution in [0.2, 0.25) is 0 Å². The van der Waals surface area contributed by atoms with E-state index in [0.29, 0.717) is 6.54 Å². The van der Waals surface area contributed by atoms with Gasteiger partial charge in [-0.15, -0.1) is 0 Å². The smallest absolute Gasteiger partial charge is 0.276 e. The zero-order chi connectivity index (χ0) is 13.8. The van der Waals surface area contributed by atoms with Crippen molar-refractivity contribution in [1.82, 2.24) is 5.32 Å². The number of carbonyl (C=O) groups is 1. The Balaban J connectivity index is 2.44. The SMILES string of the molecule is CC1CC[NH+](CC(=O)N[C@](C)(C#N)C(C)C)CC1. The maximum absolute atomic E-state index is 12.0. The number of nitriles is 1. The fourth-order valence-electron chi connectivity index (χ4n) is 2.21.